The second-order valence-electron chi connectivity index (χ2n) is 7.17. The van der Waals surface area contributed by atoms with E-state index in [4.69, 9.17) is 0 Å². The van der Waals surface area contributed by atoms with Crippen LogP contribution in [0, 0.1) is 0 Å². The van der Waals surface area contributed by atoms with Crippen molar-refractivity contribution < 1.29 is 9.59 Å². The van der Waals surface area contributed by atoms with Crippen LogP contribution < -0.4 is 10.2 Å². The summed E-state index contributed by atoms with van der Waals surface area (Å²) in [5.74, 6) is -0.572. The number of hydrogen-bond acceptors (Lipinski definition) is 5. The molecule has 0 radical (unpaired) electrons. The maximum atomic E-state index is 13.6. The molecule has 5 rings (SSSR count). The van der Waals surface area contributed by atoms with Crippen LogP contribution in [0.25, 0.3) is 0 Å². The van der Waals surface area contributed by atoms with Crippen LogP contribution in [-0.2, 0) is 16.0 Å². The Kier molecular flexibility index (Phi) is 4.64. The van der Waals surface area contributed by atoms with Gasteiger partial charge >= 0.3 is 0 Å². The fraction of sp³-hybridized carbons (Fsp3) is 0.125. The number of imide groups is 1. The van der Waals surface area contributed by atoms with Crippen molar-refractivity contribution in [2.24, 2.45) is 0 Å². The Morgan fingerprint density at radius 2 is 1.80 bits per heavy atom. The third kappa shape index (κ3) is 3.00. The SMILES string of the molecule is CCc1ccc(N2C(=O)C3=C(C2=O)C(c2cccnc2)Nc2ccccc2S3)cc1. The minimum atomic E-state index is -0.457. The topological polar surface area (TPSA) is 62.3 Å². The number of aromatic nitrogens is 1. The molecule has 1 N–H and O–H groups in total. The molecule has 1 aromatic heterocycles. The molecule has 2 aromatic carbocycles. The summed E-state index contributed by atoms with van der Waals surface area (Å²) in [6.45, 7) is 2.07. The second kappa shape index (κ2) is 7.46. The van der Waals surface area contributed by atoms with Gasteiger partial charge in [0.15, 0.2) is 0 Å². The van der Waals surface area contributed by atoms with Gasteiger partial charge in [-0.2, -0.15) is 0 Å². The Balaban J connectivity index is 1.63. The minimum Gasteiger partial charge on any atom is -0.373 e. The van der Waals surface area contributed by atoms with Crippen molar-refractivity contribution in [2.75, 3.05) is 10.2 Å². The van der Waals surface area contributed by atoms with E-state index in [1.54, 1.807) is 12.4 Å². The Bertz CT molecular complexity index is 1170. The van der Waals surface area contributed by atoms with Crippen molar-refractivity contribution in [3.05, 3.63) is 94.7 Å². The van der Waals surface area contributed by atoms with Gasteiger partial charge in [-0.05, 0) is 47.9 Å². The van der Waals surface area contributed by atoms with Gasteiger partial charge in [0.1, 0.15) is 0 Å². The van der Waals surface area contributed by atoms with Crippen LogP contribution in [0.5, 0.6) is 0 Å². The monoisotopic (exact) mass is 413 g/mol. The number of para-hydroxylation sites is 1. The Morgan fingerprint density at radius 3 is 2.53 bits per heavy atom. The molecular weight excluding hydrogens is 394 g/mol. The average molecular weight is 414 g/mol. The molecule has 3 aromatic rings. The van der Waals surface area contributed by atoms with E-state index < -0.39 is 6.04 Å². The van der Waals surface area contributed by atoms with E-state index in [9.17, 15) is 9.59 Å². The first-order valence-electron chi connectivity index (χ1n) is 9.82. The van der Waals surface area contributed by atoms with Gasteiger partial charge in [0.25, 0.3) is 11.8 Å². The van der Waals surface area contributed by atoms with Crippen LogP contribution in [-0.4, -0.2) is 16.8 Å². The standard InChI is InChI=1S/C24H19N3O2S/c1-2-15-9-11-17(12-10-15)27-23(28)20-21(16-6-5-13-25-14-16)26-18-7-3-4-8-19(18)30-22(20)24(27)29/h3-14,21,26H,2H2,1H3. The van der Waals surface area contributed by atoms with Crippen molar-refractivity contribution in [1.29, 1.82) is 0 Å². The Morgan fingerprint density at radius 1 is 1.00 bits per heavy atom. The van der Waals surface area contributed by atoms with Crippen LogP contribution in [0.4, 0.5) is 11.4 Å². The number of amides is 2. The molecule has 30 heavy (non-hydrogen) atoms. The smallest absolute Gasteiger partial charge is 0.272 e. The lowest BCUT2D eigenvalue weighted by Gasteiger charge is -2.22. The fourth-order valence-electron chi connectivity index (χ4n) is 3.80. The number of anilines is 2. The molecule has 0 saturated heterocycles. The summed E-state index contributed by atoms with van der Waals surface area (Å²) in [4.78, 5) is 33.9. The molecule has 3 heterocycles. The number of carbonyl (C=O) groups is 2. The zero-order chi connectivity index (χ0) is 20.7. The molecule has 148 valence electrons. The van der Waals surface area contributed by atoms with Crippen molar-refractivity contribution >= 4 is 35.0 Å². The van der Waals surface area contributed by atoms with Crippen LogP contribution >= 0.6 is 11.8 Å². The van der Waals surface area contributed by atoms with Crippen LogP contribution in [0.15, 0.2) is 88.4 Å². The highest BCUT2D eigenvalue weighted by molar-refractivity contribution is 8.04. The number of carbonyl (C=O) groups excluding carboxylic acids is 2. The number of pyridine rings is 1. The first-order chi connectivity index (χ1) is 14.7. The van der Waals surface area contributed by atoms with Gasteiger partial charge in [0.2, 0.25) is 0 Å². The highest BCUT2D eigenvalue weighted by Gasteiger charge is 2.45. The lowest BCUT2D eigenvalue weighted by atomic mass is 9.99. The first kappa shape index (κ1) is 18.6. The predicted molar refractivity (Wildman–Crippen MR) is 118 cm³/mol. The number of fused-ring (bicyclic) bond motifs is 1. The zero-order valence-electron chi connectivity index (χ0n) is 16.3. The molecular formula is C24H19N3O2S. The maximum absolute atomic E-state index is 13.6. The molecule has 2 aliphatic rings. The van der Waals surface area contributed by atoms with Gasteiger partial charge in [0.05, 0.1) is 22.2 Å². The molecule has 5 nitrogen and oxygen atoms in total. The van der Waals surface area contributed by atoms with E-state index >= 15 is 0 Å². The molecule has 0 bridgehead atoms. The number of rotatable bonds is 3. The van der Waals surface area contributed by atoms with Crippen LogP contribution in [0.1, 0.15) is 24.1 Å². The molecule has 0 saturated carbocycles. The van der Waals surface area contributed by atoms with Crippen molar-refractivity contribution in [3.8, 4) is 0 Å². The number of benzene rings is 2. The summed E-state index contributed by atoms with van der Waals surface area (Å²) in [6.07, 6.45) is 4.33. The van der Waals surface area contributed by atoms with E-state index in [0.29, 0.717) is 16.2 Å². The van der Waals surface area contributed by atoms with Gasteiger partial charge in [0, 0.05) is 23.0 Å². The van der Waals surface area contributed by atoms with E-state index in [-0.39, 0.29) is 11.8 Å². The van der Waals surface area contributed by atoms with Gasteiger partial charge in [-0.25, -0.2) is 4.90 Å². The largest absolute Gasteiger partial charge is 0.373 e. The summed E-state index contributed by atoms with van der Waals surface area (Å²) in [5.41, 5.74) is 3.95. The first-order valence-corrected chi connectivity index (χ1v) is 10.6. The number of thioether (sulfide) groups is 1. The molecule has 6 heteroatoms. The lowest BCUT2D eigenvalue weighted by Crippen LogP contribution is -2.33. The summed E-state index contributed by atoms with van der Waals surface area (Å²) < 4.78 is 0. The molecule has 0 aliphatic carbocycles. The second-order valence-corrected chi connectivity index (χ2v) is 8.22. The molecule has 0 fully saturated rings. The number of nitrogens with one attached hydrogen (secondary N) is 1. The normalized spacial score (nSPS) is 18.0. The Labute approximate surface area is 178 Å². The highest BCUT2D eigenvalue weighted by atomic mass is 32.2. The quantitative estimate of drug-likeness (QED) is 0.629. The zero-order valence-corrected chi connectivity index (χ0v) is 17.1. The van der Waals surface area contributed by atoms with E-state index in [1.807, 2.05) is 60.7 Å². The van der Waals surface area contributed by atoms with Crippen LogP contribution in [0.2, 0.25) is 0 Å². The maximum Gasteiger partial charge on any atom is 0.272 e. The summed E-state index contributed by atoms with van der Waals surface area (Å²) in [5, 5.41) is 3.47. The molecule has 0 spiro atoms. The highest BCUT2D eigenvalue weighted by Crippen LogP contribution is 2.47. The number of aryl methyl sites for hydroxylation is 1. The third-order valence-corrected chi connectivity index (χ3v) is 6.56. The van der Waals surface area contributed by atoms with Gasteiger partial charge < -0.3 is 5.32 Å². The number of nitrogens with zero attached hydrogens (tertiary/aromatic N) is 2. The molecule has 2 aliphatic heterocycles. The van der Waals surface area contributed by atoms with Gasteiger partial charge in [-0.3, -0.25) is 14.6 Å². The van der Waals surface area contributed by atoms with E-state index in [2.05, 4.69) is 17.2 Å². The molecule has 2 amide bonds. The summed E-state index contributed by atoms with van der Waals surface area (Å²) in [7, 11) is 0. The van der Waals surface area contributed by atoms with E-state index in [1.165, 1.54) is 16.7 Å². The third-order valence-electron chi connectivity index (χ3n) is 5.38. The summed E-state index contributed by atoms with van der Waals surface area (Å²) in [6, 6.07) is 18.7. The molecule has 1 unspecified atom stereocenters. The minimum absolute atomic E-state index is 0.281. The Hall–Kier alpha value is -3.38. The van der Waals surface area contributed by atoms with Crippen molar-refractivity contribution in [2.45, 2.75) is 24.3 Å². The lowest BCUT2D eigenvalue weighted by molar-refractivity contribution is -0.120. The van der Waals surface area contributed by atoms with Crippen LogP contribution in [0.3, 0.4) is 0 Å². The predicted octanol–water partition coefficient (Wildman–Crippen LogP) is 4.73. The number of hydrogen-bond donors (Lipinski definition) is 1. The van der Waals surface area contributed by atoms with E-state index in [0.717, 1.165) is 28.1 Å². The molecule has 1 atom stereocenters. The van der Waals surface area contributed by atoms with Gasteiger partial charge in [-0.1, -0.05) is 49.0 Å². The van der Waals surface area contributed by atoms with Crippen molar-refractivity contribution in [3.63, 3.8) is 0 Å². The van der Waals surface area contributed by atoms with Gasteiger partial charge in [-0.15, -0.1) is 0 Å². The fourth-order valence-corrected chi connectivity index (χ4v) is 4.90. The van der Waals surface area contributed by atoms with Crippen molar-refractivity contribution in [1.82, 2.24) is 4.98 Å². The summed E-state index contributed by atoms with van der Waals surface area (Å²) >= 11 is 1.35. The average Bonchev–Trinajstić information content (AvgIpc) is 2.93.